The highest BCUT2D eigenvalue weighted by Gasteiger charge is 2.07. The Balaban J connectivity index is 4.03. The van der Waals surface area contributed by atoms with E-state index in [0.717, 1.165) is 0 Å². The molecule has 0 aromatic rings. The zero-order chi connectivity index (χ0) is 11.1. The smallest absolute Gasteiger partial charge is 0.331 e. The molecule has 0 aromatic carbocycles. The zero-order valence-corrected chi connectivity index (χ0v) is 8.23. The van der Waals surface area contributed by atoms with Crippen molar-refractivity contribution in [2.45, 2.75) is 20.3 Å². The lowest BCUT2D eigenvalue weighted by molar-refractivity contribution is -0.141. The largest absolute Gasteiger partial charge is 0.481 e. The average Bonchev–Trinajstić information content (AvgIpc) is 2.11. The van der Waals surface area contributed by atoms with Gasteiger partial charge in [-0.05, 0) is 13.3 Å². The lowest BCUT2D eigenvalue weighted by atomic mass is 10.1. The molecule has 4 heteroatoms. The van der Waals surface area contributed by atoms with Gasteiger partial charge in [-0.3, -0.25) is 4.79 Å². The number of carbonyl (C=O) groups is 2. The fourth-order valence-corrected chi connectivity index (χ4v) is 0.667. The molecule has 0 bridgehead atoms. The second-order valence-corrected chi connectivity index (χ2v) is 3.06. The lowest BCUT2D eigenvalue weighted by Crippen LogP contribution is -2.07. The molecule has 0 aliphatic rings. The highest BCUT2D eigenvalue weighted by Crippen LogP contribution is 2.03. The minimum atomic E-state index is -0.971. The van der Waals surface area contributed by atoms with E-state index in [1.807, 2.05) is 0 Å². The van der Waals surface area contributed by atoms with Crippen molar-refractivity contribution in [1.82, 2.24) is 0 Å². The Labute approximate surface area is 82.6 Å². The molecule has 2 N–H and O–H groups in total. The molecule has 0 heterocycles. The van der Waals surface area contributed by atoms with E-state index in [2.05, 4.69) is 0 Å². The van der Waals surface area contributed by atoms with Gasteiger partial charge < -0.3 is 10.2 Å². The molecule has 0 unspecified atom stereocenters. The first-order valence-electron chi connectivity index (χ1n) is 4.24. The standard InChI is InChI=1S/C10H14O4/c1-7(9(11)12)5-3-4-6-8(2)10(13)14/h3-5,8H,6H2,1-2H3,(H,11,12)(H,13,14)/b4-3+,7-5+/t8-/m0/s1. The summed E-state index contributed by atoms with van der Waals surface area (Å²) in [5, 5.41) is 17.0. The first-order valence-corrected chi connectivity index (χ1v) is 4.24. The molecule has 14 heavy (non-hydrogen) atoms. The van der Waals surface area contributed by atoms with Crippen LogP contribution in [0.15, 0.2) is 23.8 Å². The van der Waals surface area contributed by atoms with Crippen molar-refractivity contribution in [2.75, 3.05) is 0 Å². The van der Waals surface area contributed by atoms with Crippen LogP contribution in [0.2, 0.25) is 0 Å². The van der Waals surface area contributed by atoms with Gasteiger partial charge in [-0.25, -0.2) is 4.79 Å². The van der Waals surface area contributed by atoms with E-state index < -0.39 is 17.9 Å². The maximum atomic E-state index is 10.4. The second kappa shape index (κ2) is 5.96. The number of hydrogen-bond acceptors (Lipinski definition) is 2. The van der Waals surface area contributed by atoms with Crippen molar-refractivity contribution in [3.05, 3.63) is 23.8 Å². The van der Waals surface area contributed by atoms with Crippen LogP contribution in [-0.4, -0.2) is 22.2 Å². The van der Waals surface area contributed by atoms with Crippen LogP contribution in [0, 0.1) is 5.92 Å². The lowest BCUT2D eigenvalue weighted by Gasteiger charge is -1.99. The second-order valence-electron chi connectivity index (χ2n) is 3.06. The Morgan fingerprint density at radius 1 is 1.36 bits per heavy atom. The van der Waals surface area contributed by atoms with Crippen LogP contribution in [0.5, 0.6) is 0 Å². The summed E-state index contributed by atoms with van der Waals surface area (Å²) >= 11 is 0. The van der Waals surface area contributed by atoms with Gasteiger partial charge in [0.1, 0.15) is 0 Å². The van der Waals surface area contributed by atoms with Crippen LogP contribution in [-0.2, 0) is 9.59 Å². The van der Waals surface area contributed by atoms with Gasteiger partial charge in [0.2, 0.25) is 0 Å². The van der Waals surface area contributed by atoms with E-state index >= 15 is 0 Å². The van der Waals surface area contributed by atoms with Crippen molar-refractivity contribution in [1.29, 1.82) is 0 Å². The molecule has 78 valence electrons. The quantitative estimate of drug-likeness (QED) is 0.520. The predicted molar refractivity (Wildman–Crippen MR) is 51.9 cm³/mol. The number of carboxylic acid groups (broad SMARTS) is 2. The molecular weight excluding hydrogens is 184 g/mol. The van der Waals surface area contributed by atoms with Gasteiger partial charge >= 0.3 is 11.9 Å². The van der Waals surface area contributed by atoms with Crippen molar-refractivity contribution < 1.29 is 19.8 Å². The Hall–Kier alpha value is -1.58. The molecule has 0 radical (unpaired) electrons. The van der Waals surface area contributed by atoms with E-state index in [-0.39, 0.29) is 5.57 Å². The summed E-state index contributed by atoms with van der Waals surface area (Å²) < 4.78 is 0. The number of rotatable bonds is 5. The molecule has 0 amide bonds. The fraction of sp³-hybridized carbons (Fsp3) is 0.400. The first-order chi connectivity index (χ1) is 6.45. The van der Waals surface area contributed by atoms with Crippen LogP contribution in [0.25, 0.3) is 0 Å². The van der Waals surface area contributed by atoms with Gasteiger partial charge in [0.05, 0.1) is 5.92 Å². The Morgan fingerprint density at radius 2 is 1.93 bits per heavy atom. The minimum Gasteiger partial charge on any atom is -0.481 e. The molecule has 0 aliphatic heterocycles. The topological polar surface area (TPSA) is 74.6 Å². The van der Waals surface area contributed by atoms with Gasteiger partial charge in [0.25, 0.3) is 0 Å². The summed E-state index contributed by atoms with van der Waals surface area (Å²) in [5.41, 5.74) is 0.226. The third-order valence-electron chi connectivity index (χ3n) is 1.73. The normalized spacial score (nSPS) is 14.3. The molecule has 1 atom stereocenters. The minimum absolute atomic E-state index is 0.226. The van der Waals surface area contributed by atoms with Crippen molar-refractivity contribution in [3.63, 3.8) is 0 Å². The number of allylic oxidation sites excluding steroid dienone is 3. The molecule has 0 saturated carbocycles. The van der Waals surface area contributed by atoms with E-state index in [1.165, 1.54) is 13.0 Å². The van der Waals surface area contributed by atoms with Crippen molar-refractivity contribution in [3.8, 4) is 0 Å². The summed E-state index contributed by atoms with van der Waals surface area (Å²) in [6.45, 7) is 3.08. The van der Waals surface area contributed by atoms with Crippen LogP contribution < -0.4 is 0 Å². The molecule has 4 nitrogen and oxygen atoms in total. The van der Waals surface area contributed by atoms with Gasteiger partial charge in [-0.2, -0.15) is 0 Å². The van der Waals surface area contributed by atoms with Crippen LogP contribution >= 0.6 is 0 Å². The maximum absolute atomic E-state index is 10.4. The summed E-state index contributed by atoms with van der Waals surface area (Å²) in [7, 11) is 0. The zero-order valence-electron chi connectivity index (χ0n) is 8.23. The molecule has 0 saturated heterocycles. The first kappa shape index (κ1) is 12.4. The van der Waals surface area contributed by atoms with Gasteiger partial charge in [-0.1, -0.05) is 25.2 Å². The van der Waals surface area contributed by atoms with Gasteiger partial charge in [0.15, 0.2) is 0 Å². The average molecular weight is 198 g/mol. The monoisotopic (exact) mass is 198 g/mol. The fourth-order valence-electron chi connectivity index (χ4n) is 0.667. The molecule has 0 spiro atoms. The highest BCUT2D eigenvalue weighted by molar-refractivity contribution is 5.86. The molecule has 0 aromatic heterocycles. The summed E-state index contributed by atoms with van der Waals surface area (Å²) in [5.74, 6) is -2.26. The highest BCUT2D eigenvalue weighted by atomic mass is 16.4. The van der Waals surface area contributed by atoms with E-state index in [9.17, 15) is 9.59 Å². The molecular formula is C10H14O4. The Bertz CT molecular complexity index is 276. The Kier molecular flexibility index (Phi) is 5.29. The van der Waals surface area contributed by atoms with Crippen LogP contribution in [0.4, 0.5) is 0 Å². The van der Waals surface area contributed by atoms with E-state index in [1.54, 1.807) is 19.1 Å². The van der Waals surface area contributed by atoms with E-state index in [0.29, 0.717) is 6.42 Å². The summed E-state index contributed by atoms with van der Waals surface area (Å²) in [4.78, 5) is 20.7. The number of hydrogen-bond donors (Lipinski definition) is 2. The SMILES string of the molecule is C/C(=C\C=C\C[C@H](C)C(=O)O)C(=O)O. The van der Waals surface area contributed by atoms with Gasteiger partial charge in [0, 0.05) is 5.57 Å². The molecule has 0 rings (SSSR count). The third-order valence-corrected chi connectivity index (χ3v) is 1.73. The number of aliphatic carboxylic acids is 2. The van der Waals surface area contributed by atoms with Crippen LogP contribution in [0.1, 0.15) is 20.3 Å². The van der Waals surface area contributed by atoms with Gasteiger partial charge in [-0.15, -0.1) is 0 Å². The molecule has 0 fully saturated rings. The summed E-state index contributed by atoms with van der Waals surface area (Å²) in [6, 6.07) is 0. The maximum Gasteiger partial charge on any atom is 0.331 e. The molecule has 0 aliphatic carbocycles. The van der Waals surface area contributed by atoms with Crippen molar-refractivity contribution in [2.24, 2.45) is 5.92 Å². The predicted octanol–water partition coefficient (Wildman–Crippen LogP) is 1.68. The Morgan fingerprint density at radius 3 is 2.36 bits per heavy atom. The van der Waals surface area contributed by atoms with Crippen LogP contribution in [0.3, 0.4) is 0 Å². The van der Waals surface area contributed by atoms with E-state index in [4.69, 9.17) is 10.2 Å². The summed E-state index contributed by atoms with van der Waals surface area (Å²) in [6.07, 6.45) is 5.05. The van der Waals surface area contributed by atoms with Crippen molar-refractivity contribution >= 4 is 11.9 Å². The third kappa shape index (κ3) is 5.13. The number of carboxylic acids is 2.